The number of hydrogen-bond acceptors (Lipinski definition) is 2. The lowest BCUT2D eigenvalue weighted by atomic mass is 9.45. The Bertz CT molecular complexity index is 729. The molecule has 0 saturated heterocycles. The summed E-state index contributed by atoms with van der Waals surface area (Å²) < 4.78 is 0. The van der Waals surface area contributed by atoms with Gasteiger partial charge in [0, 0.05) is 6.42 Å². The molecule has 0 spiro atoms. The van der Waals surface area contributed by atoms with Crippen molar-refractivity contribution < 1.29 is 4.79 Å². The van der Waals surface area contributed by atoms with E-state index in [4.69, 9.17) is 0 Å². The number of carbonyl (C=O) groups excluding carboxylic acids is 1. The Morgan fingerprint density at radius 2 is 2.12 bits per heavy atom. The largest absolute Gasteiger partial charge is 0.295 e. The predicted molar refractivity (Wildman–Crippen MR) is 97.2 cm³/mol. The predicted octanol–water partition coefficient (Wildman–Crippen LogP) is 4.93. The molecule has 0 bridgehead atoms. The fourth-order valence-corrected chi connectivity index (χ4v) is 8.06. The van der Waals surface area contributed by atoms with Crippen molar-refractivity contribution in [1.82, 2.24) is 0 Å². The Hall–Kier alpha value is -1.36. The van der Waals surface area contributed by atoms with Crippen LogP contribution >= 0.6 is 0 Å². The van der Waals surface area contributed by atoms with Crippen molar-refractivity contribution in [2.45, 2.75) is 52.4 Å². The van der Waals surface area contributed by atoms with E-state index in [2.05, 4.69) is 32.6 Å². The van der Waals surface area contributed by atoms with E-state index < -0.39 is 0 Å². The number of fused-ring (bicyclic) bond motifs is 7. The maximum Gasteiger partial charge on any atom is 0.155 e. The smallest absolute Gasteiger partial charge is 0.155 e. The molecule has 4 saturated carbocycles. The fraction of sp³-hybridized carbons (Fsp3) is 0.739. The standard InChI is InChI=1S/C23H29NO/c1-4-13-9-14-10-15(25)5-6-16(14)17-7-8-22(2)21(20(13)17)18-11-19(18)23(22,3)12-24/h4,10,13,16-21H,1,5-9,11H2,2-3H3/t13-,16+,17-,18-,19+,20-,21+,22+,23+/m1/s1. The first-order chi connectivity index (χ1) is 11.9. The van der Waals surface area contributed by atoms with Crippen LogP contribution in [0.2, 0.25) is 0 Å². The van der Waals surface area contributed by atoms with Gasteiger partial charge in [0.25, 0.3) is 0 Å². The molecule has 0 aromatic rings. The molecular weight excluding hydrogens is 306 g/mol. The third-order valence-electron chi connectivity index (χ3n) is 9.41. The van der Waals surface area contributed by atoms with E-state index in [9.17, 15) is 10.1 Å². The quantitative estimate of drug-likeness (QED) is 0.638. The average molecular weight is 335 g/mol. The number of rotatable bonds is 1. The van der Waals surface area contributed by atoms with Crippen LogP contribution in [-0.4, -0.2) is 5.78 Å². The first-order valence-electron chi connectivity index (χ1n) is 10.2. The molecule has 4 fully saturated rings. The first kappa shape index (κ1) is 15.9. The molecule has 5 rings (SSSR count). The highest BCUT2D eigenvalue weighted by Gasteiger charge is 2.75. The fourth-order valence-electron chi connectivity index (χ4n) is 8.06. The number of ketones is 1. The van der Waals surface area contributed by atoms with Gasteiger partial charge in [-0.25, -0.2) is 0 Å². The number of allylic oxidation sites excluding steroid dienone is 2. The Labute approximate surface area is 151 Å². The van der Waals surface area contributed by atoms with Gasteiger partial charge in [-0.1, -0.05) is 18.6 Å². The lowest BCUT2D eigenvalue weighted by Crippen LogP contribution is -2.53. The van der Waals surface area contributed by atoms with E-state index in [0.29, 0.717) is 41.3 Å². The van der Waals surface area contributed by atoms with Gasteiger partial charge in [-0.3, -0.25) is 4.79 Å². The Morgan fingerprint density at radius 3 is 2.84 bits per heavy atom. The van der Waals surface area contributed by atoms with E-state index in [0.717, 1.165) is 25.2 Å². The summed E-state index contributed by atoms with van der Waals surface area (Å²) in [7, 11) is 0. The normalized spacial score (nSPS) is 55.8. The third kappa shape index (κ3) is 1.78. The van der Waals surface area contributed by atoms with Crippen LogP contribution in [0, 0.1) is 63.6 Å². The summed E-state index contributed by atoms with van der Waals surface area (Å²) in [4.78, 5) is 12.0. The second kappa shape index (κ2) is 4.87. The maximum absolute atomic E-state index is 12.0. The molecule has 9 atom stereocenters. The molecule has 0 aliphatic heterocycles. The zero-order valence-electron chi connectivity index (χ0n) is 15.5. The van der Waals surface area contributed by atoms with E-state index in [1.807, 2.05) is 6.08 Å². The molecule has 2 heteroatoms. The van der Waals surface area contributed by atoms with Gasteiger partial charge >= 0.3 is 0 Å². The highest BCUT2D eigenvalue weighted by molar-refractivity contribution is 5.91. The summed E-state index contributed by atoms with van der Waals surface area (Å²) in [6, 6.07) is 2.78. The van der Waals surface area contributed by atoms with Crippen molar-refractivity contribution in [2.24, 2.45) is 52.3 Å². The van der Waals surface area contributed by atoms with Gasteiger partial charge in [0.15, 0.2) is 5.78 Å². The summed E-state index contributed by atoms with van der Waals surface area (Å²) in [6.45, 7) is 8.87. The van der Waals surface area contributed by atoms with Crippen LogP contribution in [0.4, 0.5) is 0 Å². The van der Waals surface area contributed by atoms with E-state index in [1.165, 1.54) is 24.8 Å². The van der Waals surface area contributed by atoms with E-state index in [1.54, 1.807) is 0 Å². The third-order valence-corrected chi connectivity index (χ3v) is 9.41. The second-order valence-corrected chi connectivity index (χ2v) is 9.98. The minimum atomic E-state index is -0.141. The first-order valence-corrected chi connectivity index (χ1v) is 10.2. The Kier molecular flexibility index (Phi) is 3.09. The van der Waals surface area contributed by atoms with Gasteiger partial charge in [0.2, 0.25) is 0 Å². The number of nitrogens with zero attached hydrogens (tertiary/aromatic N) is 1. The molecule has 0 amide bonds. The summed E-state index contributed by atoms with van der Waals surface area (Å²) in [6.07, 6.45) is 10.7. The molecule has 0 aromatic heterocycles. The minimum absolute atomic E-state index is 0.141. The molecule has 5 aliphatic rings. The summed E-state index contributed by atoms with van der Waals surface area (Å²) in [5.74, 6) is 4.90. The molecule has 5 aliphatic carbocycles. The van der Waals surface area contributed by atoms with Gasteiger partial charge in [0.1, 0.15) is 0 Å². The van der Waals surface area contributed by atoms with Crippen LogP contribution in [0.15, 0.2) is 24.3 Å². The van der Waals surface area contributed by atoms with Crippen molar-refractivity contribution in [3.63, 3.8) is 0 Å². The van der Waals surface area contributed by atoms with Crippen LogP contribution in [0.3, 0.4) is 0 Å². The van der Waals surface area contributed by atoms with Crippen LogP contribution in [-0.2, 0) is 4.79 Å². The molecule has 0 unspecified atom stereocenters. The van der Waals surface area contributed by atoms with Crippen LogP contribution in [0.1, 0.15) is 52.4 Å². The molecule has 0 radical (unpaired) electrons. The van der Waals surface area contributed by atoms with Crippen LogP contribution in [0.25, 0.3) is 0 Å². The number of carbonyl (C=O) groups is 1. The minimum Gasteiger partial charge on any atom is -0.295 e. The summed E-state index contributed by atoms with van der Waals surface area (Å²) in [5, 5.41) is 10.0. The van der Waals surface area contributed by atoms with Gasteiger partial charge in [0.05, 0.1) is 11.5 Å². The highest BCUT2D eigenvalue weighted by atomic mass is 16.1. The molecular formula is C23H29NO. The van der Waals surface area contributed by atoms with Crippen LogP contribution < -0.4 is 0 Å². The van der Waals surface area contributed by atoms with Crippen molar-refractivity contribution >= 4 is 5.78 Å². The molecule has 0 heterocycles. The second-order valence-electron chi connectivity index (χ2n) is 9.98. The van der Waals surface area contributed by atoms with Crippen LogP contribution in [0.5, 0.6) is 0 Å². The zero-order chi connectivity index (χ0) is 17.6. The van der Waals surface area contributed by atoms with E-state index in [-0.39, 0.29) is 10.8 Å². The SMILES string of the molecule is C=C[C@@H]1CC2=CC(=O)CC[C@@H]2[C@H]2CC[C@@]3(C)[C@@H]([C@@H]4C[C@@H]4[C@]3(C)C#N)[C@@H]21. The molecule has 132 valence electrons. The monoisotopic (exact) mass is 335 g/mol. The molecule has 0 N–H and O–H groups in total. The van der Waals surface area contributed by atoms with Crippen molar-refractivity contribution in [3.8, 4) is 6.07 Å². The van der Waals surface area contributed by atoms with Crippen molar-refractivity contribution in [2.75, 3.05) is 0 Å². The lowest BCUT2D eigenvalue weighted by Gasteiger charge is -2.58. The lowest BCUT2D eigenvalue weighted by molar-refractivity contribution is -0.116. The summed E-state index contributed by atoms with van der Waals surface area (Å²) in [5.41, 5.74) is 1.45. The van der Waals surface area contributed by atoms with Gasteiger partial charge < -0.3 is 0 Å². The number of nitriles is 1. The van der Waals surface area contributed by atoms with Crippen molar-refractivity contribution in [1.29, 1.82) is 5.26 Å². The van der Waals surface area contributed by atoms with Crippen molar-refractivity contribution in [3.05, 3.63) is 24.3 Å². The van der Waals surface area contributed by atoms with Gasteiger partial charge in [-0.05, 0) is 91.9 Å². The number of hydrogen-bond donors (Lipinski definition) is 0. The molecule has 0 aromatic carbocycles. The highest BCUT2D eigenvalue weighted by Crippen LogP contribution is 2.79. The Balaban J connectivity index is 1.58. The zero-order valence-corrected chi connectivity index (χ0v) is 15.5. The van der Waals surface area contributed by atoms with E-state index >= 15 is 0 Å². The summed E-state index contributed by atoms with van der Waals surface area (Å²) >= 11 is 0. The van der Waals surface area contributed by atoms with Gasteiger partial charge in [-0.2, -0.15) is 5.26 Å². The Morgan fingerprint density at radius 1 is 1.32 bits per heavy atom. The maximum atomic E-state index is 12.0. The molecule has 25 heavy (non-hydrogen) atoms. The molecule has 2 nitrogen and oxygen atoms in total. The van der Waals surface area contributed by atoms with Gasteiger partial charge in [-0.15, -0.1) is 6.58 Å². The topological polar surface area (TPSA) is 40.9 Å². The average Bonchev–Trinajstić information content (AvgIpc) is 3.36.